The van der Waals surface area contributed by atoms with Gasteiger partial charge in [-0.1, -0.05) is 66.2 Å². The minimum Gasteiger partial charge on any atom is -0.495 e. The van der Waals surface area contributed by atoms with Crippen molar-refractivity contribution in [3.05, 3.63) is 119 Å². The van der Waals surface area contributed by atoms with Crippen LogP contribution in [0.2, 0.25) is 5.02 Å². The highest BCUT2D eigenvalue weighted by Crippen LogP contribution is 2.36. The predicted octanol–water partition coefficient (Wildman–Crippen LogP) is 6.48. The number of nitrogens with zero attached hydrogens (tertiary/aromatic N) is 1. The molecule has 0 saturated heterocycles. The molecular formula is C30H22ClN3O4. The fourth-order valence-electron chi connectivity index (χ4n) is 4.08. The van der Waals surface area contributed by atoms with Crippen LogP contribution < -0.4 is 14.9 Å². The Kier molecular flexibility index (Phi) is 7.19. The molecule has 7 nitrogen and oxygen atoms in total. The molecule has 188 valence electrons. The van der Waals surface area contributed by atoms with E-state index in [0.29, 0.717) is 38.9 Å². The quantitative estimate of drug-likeness (QED) is 0.110. The highest BCUT2D eigenvalue weighted by molar-refractivity contribution is 6.30. The van der Waals surface area contributed by atoms with E-state index in [1.807, 2.05) is 48.5 Å². The molecule has 1 aromatic heterocycles. The second kappa shape index (κ2) is 11.0. The number of fused-ring (bicyclic) bond motifs is 1. The van der Waals surface area contributed by atoms with Crippen LogP contribution in [0, 0.1) is 0 Å². The highest BCUT2D eigenvalue weighted by atomic mass is 35.5. The third-order valence-corrected chi connectivity index (χ3v) is 6.13. The van der Waals surface area contributed by atoms with Gasteiger partial charge in [0.25, 0.3) is 5.91 Å². The van der Waals surface area contributed by atoms with E-state index in [1.54, 1.807) is 55.6 Å². The second-order valence-electron chi connectivity index (χ2n) is 8.26. The zero-order valence-corrected chi connectivity index (χ0v) is 21.0. The number of esters is 1. The number of hydrogen-bond donors (Lipinski definition) is 2. The average Bonchev–Trinajstić information content (AvgIpc) is 3.35. The van der Waals surface area contributed by atoms with Crippen molar-refractivity contribution < 1.29 is 19.1 Å². The lowest BCUT2D eigenvalue weighted by atomic mass is 10.0. The smallest absolute Gasteiger partial charge is 0.343 e. The molecule has 0 spiro atoms. The van der Waals surface area contributed by atoms with Crippen molar-refractivity contribution in [3.8, 4) is 22.6 Å². The molecule has 4 aromatic carbocycles. The first kappa shape index (κ1) is 24.8. The third kappa shape index (κ3) is 5.14. The minimum atomic E-state index is -0.536. The van der Waals surface area contributed by atoms with Gasteiger partial charge in [-0.05, 0) is 48.0 Å². The van der Waals surface area contributed by atoms with Crippen molar-refractivity contribution in [2.24, 2.45) is 5.10 Å². The molecule has 0 unspecified atom stereocenters. The number of H-pyrrole nitrogens is 1. The number of carbonyl (C=O) groups is 2. The number of para-hydroxylation sites is 2. The van der Waals surface area contributed by atoms with E-state index in [2.05, 4.69) is 15.5 Å². The number of ether oxygens (including phenoxy) is 2. The molecule has 1 amide bonds. The van der Waals surface area contributed by atoms with Gasteiger partial charge in [-0.3, -0.25) is 4.79 Å². The maximum Gasteiger partial charge on any atom is 0.343 e. The molecule has 5 aromatic rings. The predicted molar refractivity (Wildman–Crippen MR) is 148 cm³/mol. The van der Waals surface area contributed by atoms with Gasteiger partial charge in [0.1, 0.15) is 17.2 Å². The summed E-state index contributed by atoms with van der Waals surface area (Å²) in [6.07, 6.45) is 1.42. The van der Waals surface area contributed by atoms with Crippen molar-refractivity contribution in [2.75, 3.05) is 7.11 Å². The number of aromatic nitrogens is 1. The number of carbonyl (C=O) groups excluding carboxylic acids is 2. The van der Waals surface area contributed by atoms with Crippen LogP contribution in [0.25, 0.3) is 22.0 Å². The van der Waals surface area contributed by atoms with Gasteiger partial charge in [0, 0.05) is 21.5 Å². The summed E-state index contributed by atoms with van der Waals surface area (Å²) in [5.41, 5.74) is 6.12. The summed E-state index contributed by atoms with van der Waals surface area (Å²) in [7, 11) is 1.58. The first-order valence-electron chi connectivity index (χ1n) is 11.7. The molecule has 0 saturated carbocycles. The van der Waals surface area contributed by atoms with Crippen molar-refractivity contribution in [2.45, 2.75) is 0 Å². The lowest BCUT2D eigenvalue weighted by Crippen LogP contribution is -2.19. The number of benzene rings is 4. The van der Waals surface area contributed by atoms with Crippen LogP contribution in [-0.2, 0) is 0 Å². The van der Waals surface area contributed by atoms with Crippen LogP contribution in [0.5, 0.6) is 11.5 Å². The zero-order chi connectivity index (χ0) is 26.5. The van der Waals surface area contributed by atoms with Gasteiger partial charge in [0.15, 0.2) is 0 Å². The van der Waals surface area contributed by atoms with Crippen molar-refractivity contribution in [1.82, 2.24) is 10.4 Å². The summed E-state index contributed by atoms with van der Waals surface area (Å²) < 4.78 is 11.0. The number of amides is 1. The van der Waals surface area contributed by atoms with Gasteiger partial charge in [-0.15, -0.1) is 0 Å². The Morgan fingerprint density at radius 1 is 0.868 bits per heavy atom. The van der Waals surface area contributed by atoms with E-state index in [9.17, 15) is 9.59 Å². The summed E-state index contributed by atoms with van der Waals surface area (Å²) in [6, 6.07) is 28.6. The van der Waals surface area contributed by atoms with E-state index >= 15 is 0 Å². The van der Waals surface area contributed by atoms with Crippen LogP contribution in [0.15, 0.2) is 102 Å². The molecule has 0 atom stereocenters. The number of methoxy groups -OCH3 is 1. The van der Waals surface area contributed by atoms with Crippen molar-refractivity contribution in [1.29, 1.82) is 0 Å². The maximum absolute atomic E-state index is 13.3. The van der Waals surface area contributed by atoms with E-state index in [4.69, 9.17) is 21.1 Å². The van der Waals surface area contributed by atoms with Gasteiger partial charge in [-0.25, -0.2) is 10.2 Å². The highest BCUT2D eigenvalue weighted by Gasteiger charge is 2.21. The summed E-state index contributed by atoms with van der Waals surface area (Å²) in [6.45, 7) is 0. The fourth-order valence-corrected chi connectivity index (χ4v) is 4.20. The first-order valence-corrected chi connectivity index (χ1v) is 12.1. The van der Waals surface area contributed by atoms with Crippen molar-refractivity contribution in [3.63, 3.8) is 0 Å². The van der Waals surface area contributed by atoms with E-state index in [1.165, 1.54) is 6.21 Å². The monoisotopic (exact) mass is 523 g/mol. The molecular weight excluding hydrogens is 502 g/mol. The third-order valence-electron chi connectivity index (χ3n) is 5.88. The van der Waals surface area contributed by atoms with Gasteiger partial charge >= 0.3 is 5.97 Å². The topological polar surface area (TPSA) is 92.8 Å². The SMILES string of the molecule is COc1cccc2c(-c3ccccc3)c(C(=O)NN=Cc3ccccc3OC(=O)c3ccc(Cl)cc3)[nH]c12. The molecule has 38 heavy (non-hydrogen) atoms. The molecule has 1 heterocycles. The van der Waals surface area contributed by atoms with Gasteiger partial charge in [-0.2, -0.15) is 5.10 Å². The maximum atomic E-state index is 13.3. The Balaban J connectivity index is 1.40. The molecule has 0 radical (unpaired) electrons. The normalized spacial score (nSPS) is 11.0. The summed E-state index contributed by atoms with van der Waals surface area (Å²) in [5.74, 6) is -0.0514. The molecule has 5 rings (SSSR count). The summed E-state index contributed by atoms with van der Waals surface area (Å²) in [5, 5.41) is 5.51. The summed E-state index contributed by atoms with van der Waals surface area (Å²) in [4.78, 5) is 29.0. The lowest BCUT2D eigenvalue weighted by Gasteiger charge is -2.07. The zero-order valence-electron chi connectivity index (χ0n) is 20.3. The van der Waals surface area contributed by atoms with Gasteiger partial charge in [0.2, 0.25) is 0 Å². The Morgan fingerprint density at radius 2 is 1.58 bits per heavy atom. The number of aromatic amines is 1. The second-order valence-corrected chi connectivity index (χ2v) is 8.69. The minimum absolute atomic E-state index is 0.297. The van der Waals surface area contributed by atoms with Crippen LogP contribution in [0.4, 0.5) is 0 Å². The Labute approximate surface area is 223 Å². The number of hydrogen-bond acceptors (Lipinski definition) is 5. The summed E-state index contributed by atoms with van der Waals surface area (Å²) >= 11 is 5.90. The van der Waals surface area contributed by atoms with Crippen LogP contribution >= 0.6 is 11.6 Å². The molecule has 0 fully saturated rings. The van der Waals surface area contributed by atoms with Crippen LogP contribution in [0.1, 0.15) is 26.4 Å². The average molecular weight is 524 g/mol. The number of hydrazone groups is 1. The number of rotatable bonds is 7. The Morgan fingerprint density at radius 3 is 2.34 bits per heavy atom. The Bertz CT molecular complexity index is 1640. The largest absolute Gasteiger partial charge is 0.495 e. The lowest BCUT2D eigenvalue weighted by molar-refractivity contribution is 0.0734. The standard InChI is InChI=1S/C30H22ClN3O4/c1-37-25-13-7-11-23-26(19-8-3-2-4-9-19)28(33-27(23)25)29(35)34-32-18-21-10-5-6-12-24(21)38-30(36)20-14-16-22(31)17-15-20/h2-18,33H,1H3,(H,34,35). The molecule has 0 aliphatic rings. The van der Waals surface area contributed by atoms with Crippen LogP contribution in [0.3, 0.4) is 0 Å². The van der Waals surface area contributed by atoms with Gasteiger partial charge in [0.05, 0.1) is 24.4 Å². The molecule has 0 aliphatic heterocycles. The van der Waals surface area contributed by atoms with Gasteiger partial charge < -0.3 is 14.5 Å². The van der Waals surface area contributed by atoms with Crippen molar-refractivity contribution >= 4 is 40.6 Å². The molecule has 2 N–H and O–H groups in total. The number of halogens is 1. The molecule has 0 bridgehead atoms. The molecule has 8 heteroatoms. The Hall–Kier alpha value is -4.88. The fraction of sp³-hybridized carbons (Fsp3) is 0.0333. The van der Waals surface area contributed by atoms with E-state index in [-0.39, 0.29) is 0 Å². The molecule has 0 aliphatic carbocycles. The van der Waals surface area contributed by atoms with Crippen LogP contribution in [-0.4, -0.2) is 30.2 Å². The number of nitrogens with one attached hydrogen (secondary N) is 2. The van der Waals surface area contributed by atoms with E-state index in [0.717, 1.165) is 16.5 Å². The first-order chi connectivity index (χ1) is 18.5. The van der Waals surface area contributed by atoms with E-state index < -0.39 is 11.9 Å².